The van der Waals surface area contributed by atoms with Gasteiger partial charge in [0.1, 0.15) is 0 Å². The Bertz CT molecular complexity index is 706. The van der Waals surface area contributed by atoms with Crippen LogP contribution in [0.25, 0.3) is 22.4 Å². The molecule has 0 bridgehead atoms. The number of nitrogens with one attached hydrogen (secondary N) is 1. The zero-order chi connectivity index (χ0) is 13.2. The number of rotatable bonds is 2. The topological polar surface area (TPSA) is 67.6 Å². The number of pyridine rings is 1. The Morgan fingerprint density at radius 3 is 2.58 bits per heavy atom. The van der Waals surface area contributed by atoms with Crippen LogP contribution in [0.4, 0.5) is 5.82 Å². The predicted molar refractivity (Wildman–Crippen MR) is 84.4 cm³/mol. The number of halogens is 1. The van der Waals surface area contributed by atoms with Crippen molar-refractivity contribution in [2.24, 2.45) is 0 Å². The van der Waals surface area contributed by atoms with Gasteiger partial charge in [-0.2, -0.15) is 5.10 Å². The molecule has 0 spiro atoms. The van der Waals surface area contributed by atoms with E-state index < -0.39 is 0 Å². The second-order valence-corrected chi connectivity index (χ2v) is 5.35. The Kier molecular flexibility index (Phi) is 3.20. The van der Waals surface area contributed by atoms with Crippen LogP contribution in [0.3, 0.4) is 0 Å². The number of aromatic amines is 1. The molecule has 3 N–H and O–H groups in total. The molecule has 3 rings (SSSR count). The quantitative estimate of drug-likeness (QED) is 0.688. The molecule has 94 valence electrons. The van der Waals surface area contributed by atoms with Gasteiger partial charge in [-0.3, -0.25) is 10.1 Å². The van der Waals surface area contributed by atoms with Crippen molar-refractivity contribution in [2.75, 3.05) is 5.73 Å². The lowest BCUT2D eigenvalue weighted by molar-refractivity contribution is 1.10. The van der Waals surface area contributed by atoms with E-state index in [4.69, 9.17) is 5.73 Å². The molecule has 0 amide bonds. The van der Waals surface area contributed by atoms with Gasteiger partial charge in [0.15, 0.2) is 5.82 Å². The van der Waals surface area contributed by atoms with E-state index in [2.05, 4.69) is 49.9 Å². The van der Waals surface area contributed by atoms with Crippen LogP contribution in [0.1, 0.15) is 0 Å². The van der Waals surface area contributed by atoms with Crippen molar-refractivity contribution in [3.05, 3.63) is 52.4 Å². The van der Waals surface area contributed by atoms with Gasteiger partial charge in [0.05, 0.1) is 11.3 Å². The van der Waals surface area contributed by atoms with E-state index in [-0.39, 0.29) is 0 Å². The normalized spacial score (nSPS) is 10.6. The second-order valence-electron chi connectivity index (χ2n) is 4.11. The van der Waals surface area contributed by atoms with E-state index in [0.717, 1.165) is 22.4 Å². The summed E-state index contributed by atoms with van der Waals surface area (Å²) in [5.41, 5.74) is 9.92. The Balaban J connectivity index is 2.19. The predicted octanol–water partition coefficient (Wildman–Crippen LogP) is 3.33. The van der Waals surface area contributed by atoms with Gasteiger partial charge in [-0.1, -0.05) is 12.1 Å². The zero-order valence-corrected chi connectivity index (χ0v) is 12.1. The van der Waals surface area contributed by atoms with Crippen molar-refractivity contribution in [3.8, 4) is 22.4 Å². The summed E-state index contributed by atoms with van der Waals surface area (Å²) in [5, 5.41) is 7.15. The highest BCUT2D eigenvalue weighted by molar-refractivity contribution is 14.1. The summed E-state index contributed by atoms with van der Waals surface area (Å²) in [6.07, 6.45) is 3.50. The summed E-state index contributed by atoms with van der Waals surface area (Å²) in [4.78, 5) is 4.03. The van der Waals surface area contributed by atoms with Crippen molar-refractivity contribution in [2.45, 2.75) is 0 Å². The summed E-state index contributed by atoms with van der Waals surface area (Å²) >= 11 is 2.29. The van der Waals surface area contributed by atoms with E-state index in [1.54, 1.807) is 12.4 Å². The van der Waals surface area contributed by atoms with Crippen LogP contribution in [0.15, 0.2) is 48.8 Å². The molecule has 0 saturated carbocycles. The van der Waals surface area contributed by atoms with Crippen LogP contribution in [-0.4, -0.2) is 15.2 Å². The average Bonchev–Trinajstić information content (AvgIpc) is 2.82. The van der Waals surface area contributed by atoms with Crippen molar-refractivity contribution in [1.82, 2.24) is 15.2 Å². The molecule has 19 heavy (non-hydrogen) atoms. The van der Waals surface area contributed by atoms with Gasteiger partial charge in [-0.25, -0.2) is 0 Å². The van der Waals surface area contributed by atoms with E-state index in [9.17, 15) is 0 Å². The minimum atomic E-state index is 0.500. The molecule has 0 saturated heterocycles. The molecule has 2 aromatic heterocycles. The molecular formula is C14H11IN4. The number of anilines is 1. The molecule has 0 fully saturated rings. The maximum atomic E-state index is 5.98. The lowest BCUT2D eigenvalue weighted by Gasteiger charge is -2.05. The van der Waals surface area contributed by atoms with Crippen LogP contribution >= 0.6 is 22.6 Å². The summed E-state index contributed by atoms with van der Waals surface area (Å²) in [6, 6.07) is 12.1. The lowest BCUT2D eigenvalue weighted by atomic mass is 10.0. The first-order chi connectivity index (χ1) is 9.25. The maximum absolute atomic E-state index is 5.98. The third-order valence-electron chi connectivity index (χ3n) is 2.88. The molecule has 0 radical (unpaired) electrons. The van der Waals surface area contributed by atoms with Gasteiger partial charge in [0, 0.05) is 21.5 Å². The molecule has 0 aliphatic carbocycles. The van der Waals surface area contributed by atoms with Crippen molar-refractivity contribution in [3.63, 3.8) is 0 Å². The largest absolute Gasteiger partial charge is 0.382 e. The van der Waals surface area contributed by atoms with Crippen LogP contribution in [0.2, 0.25) is 0 Å². The first-order valence-corrected chi connectivity index (χ1v) is 6.84. The third kappa shape index (κ3) is 2.33. The zero-order valence-electron chi connectivity index (χ0n) is 9.97. The molecule has 0 unspecified atom stereocenters. The van der Waals surface area contributed by atoms with Gasteiger partial charge in [0.2, 0.25) is 0 Å². The highest BCUT2D eigenvalue weighted by Crippen LogP contribution is 2.34. The van der Waals surface area contributed by atoms with Crippen LogP contribution in [0.5, 0.6) is 0 Å². The molecule has 4 nitrogen and oxygen atoms in total. The van der Waals surface area contributed by atoms with Gasteiger partial charge in [0.25, 0.3) is 0 Å². The Morgan fingerprint density at radius 1 is 1.05 bits per heavy atom. The lowest BCUT2D eigenvalue weighted by Crippen LogP contribution is -1.89. The van der Waals surface area contributed by atoms with E-state index in [1.165, 1.54) is 3.57 Å². The summed E-state index contributed by atoms with van der Waals surface area (Å²) < 4.78 is 1.17. The van der Waals surface area contributed by atoms with E-state index in [0.29, 0.717) is 5.82 Å². The SMILES string of the molecule is Nc1n[nH]c(-c2cccc(I)c2)c1-c1ccncc1. The third-order valence-corrected chi connectivity index (χ3v) is 3.55. The summed E-state index contributed by atoms with van der Waals surface area (Å²) in [6.45, 7) is 0. The molecule has 0 atom stereocenters. The van der Waals surface area contributed by atoms with Crippen molar-refractivity contribution in [1.29, 1.82) is 0 Å². The molecular weight excluding hydrogens is 351 g/mol. The molecule has 0 aliphatic rings. The fourth-order valence-electron chi connectivity index (χ4n) is 2.02. The maximum Gasteiger partial charge on any atom is 0.153 e. The summed E-state index contributed by atoms with van der Waals surface area (Å²) in [7, 11) is 0. The number of nitrogens with zero attached hydrogens (tertiary/aromatic N) is 2. The standard InChI is InChI=1S/C14H11IN4/c15-11-3-1-2-10(8-11)13-12(14(16)19-18-13)9-4-6-17-7-5-9/h1-8H,(H3,16,18,19). The van der Waals surface area contributed by atoms with E-state index >= 15 is 0 Å². The number of H-pyrrole nitrogens is 1. The van der Waals surface area contributed by atoms with Crippen molar-refractivity contribution < 1.29 is 0 Å². The van der Waals surface area contributed by atoms with E-state index in [1.807, 2.05) is 24.3 Å². The first kappa shape index (κ1) is 12.2. The Hall–Kier alpha value is -1.89. The minimum Gasteiger partial charge on any atom is -0.382 e. The number of nitrogen functional groups attached to an aromatic ring is 1. The number of hydrogen-bond acceptors (Lipinski definition) is 3. The van der Waals surface area contributed by atoms with Gasteiger partial charge < -0.3 is 5.73 Å². The number of hydrogen-bond donors (Lipinski definition) is 2. The second kappa shape index (κ2) is 5.00. The van der Waals surface area contributed by atoms with Gasteiger partial charge in [-0.15, -0.1) is 0 Å². The molecule has 1 aromatic carbocycles. The molecule has 3 aromatic rings. The summed E-state index contributed by atoms with van der Waals surface area (Å²) in [5.74, 6) is 0.500. The van der Waals surface area contributed by atoms with Crippen LogP contribution < -0.4 is 5.73 Å². The Labute approximate surface area is 124 Å². The fraction of sp³-hybridized carbons (Fsp3) is 0. The average molecular weight is 362 g/mol. The monoisotopic (exact) mass is 362 g/mol. The molecule has 0 aliphatic heterocycles. The van der Waals surface area contributed by atoms with Crippen LogP contribution in [0, 0.1) is 3.57 Å². The van der Waals surface area contributed by atoms with Gasteiger partial charge >= 0.3 is 0 Å². The molecule has 2 heterocycles. The fourth-order valence-corrected chi connectivity index (χ4v) is 2.56. The smallest absolute Gasteiger partial charge is 0.153 e. The van der Waals surface area contributed by atoms with Crippen LogP contribution in [-0.2, 0) is 0 Å². The minimum absolute atomic E-state index is 0.500. The molecule has 5 heteroatoms. The number of aromatic nitrogens is 3. The Morgan fingerprint density at radius 2 is 1.84 bits per heavy atom. The first-order valence-electron chi connectivity index (χ1n) is 5.76. The highest BCUT2D eigenvalue weighted by Gasteiger charge is 2.14. The van der Waals surface area contributed by atoms with Crippen molar-refractivity contribution >= 4 is 28.4 Å². The van der Waals surface area contributed by atoms with Gasteiger partial charge in [-0.05, 0) is 52.4 Å². The number of nitrogens with two attached hydrogens (primary N) is 1. The number of benzene rings is 1. The highest BCUT2D eigenvalue weighted by atomic mass is 127.